The summed E-state index contributed by atoms with van der Waals surface area (Å²) in [5.74, 6) is -2.67. The molecule has 3 heterocycles. The van der Waals surface area contributed by atoms with Gasteiger partial charge in [0.25, 0.3) is 5.91 Å². The molecular formula is C22H20N4O3. The molecule has 29 heavy (non-hydrogen) atoms. The van der Waals surface area contributed by atoms with Crippen LogP contribution in [0, 0.1) is 5.92 Å². The molecule has 0 bridgehead atoms. The molecule has 0 spiro atoms. The molecule has 2 unspecified atom stereocenters. The fourth-order valence-electron chi connectivity index (χ4n) is 3.78. The third-order valence-electron chi connectivity index (χ3n) is 5.15. The van der Waals surface area contributed by atoms with E-state index >= 15 is 0 Å². The zero-order valence-electron chi connectivity index (χ0n) is 15.7. The summed E-state index contributed by atoms with van der Waals surface area (Å²) in [4.78, 5) is 48.5. The molecule has 1 aliphatic rings. The van der Waals surface area contributed by atoms with Gasteiger partial charge in [-0.05, 0) is 18.1 Å². The lowest BCUT2D eigenvalue weighted by Gasteiger charge is -2.27. The van der Waals surface area contributed by atoms with Crippen molar-refractivity contribution in [1.82, 2.24) is 19.4 Å². The van der Waals surface area contributed by atoms with Crippen LogP contribution in [0.1, 0.15) is 28.4 Å². The van der Waals surface area contributed by atoms with Crippen molar-refractivity contribution >= 4 is 17.5 Å². The van der Waals surface area contributed by atoms with E-state index in [1.165, 1.54) is 4.90 Å². The molecule has 2 atom stereocenters. The van der Waals surface area contributed by atoms with Crippen LogP contribution in [-0.4, -0.2) is 43.5 Å². The fourth-order valence-corrected chi connectivity index (χ4v) is 3.78. The van der Waals surface area contributed by atoms with Crippen LogP contribution in [0.2, 0.25) is 0 Å². The Bertz CT molecular complexity index is 1000. The second-order valence-corrected chi connectivity index (χ2v) is 6.96. The van der Waals surface area contributed by atoms with Crippen molar-refractivity contribution in [2.45, 2.75) is 19.0 Å². The molecule has 2 aromatic heterocycles. The number of carbonyl (C=O) groups excluding carboxylic acids is 3. The highest BCUT2D eigenvalue weighted by atomic mass is 16.2. The summed E-state index contributed by atoms with van der Waals surface area (Å²) in [6.45, 7) is 1.02. The Kier molecular flexibility index (Phi) is 5.29. The van der Waals surface area contributed by atoms with Crippen LogP contribution >= 0.6 is 0 Å². The molecule has 7 heteroatoms. The minimum atomic E-state index is -1.07. The molecule has 1 aromatic carbocycles. The number of amides is 1. The minimum Gasteiger partial charge on any atom is -0.337 e. The molecule has 0 radical (unpaired) electrons. The minimum absolute atomic E-state index is 0.338. The number of pyridine rings is 1. The molecule has 0 saturated carbocycles. The number of likely N-dealkylation sites (tertiary alicyclic amines) is 1. The van der Waals surface area contributed by atoms with Crippen LogP contribution in [0.5, 0.6) is 0 Å². The molecule has 1 aliphatic heterocycles. The first-order valence-electron chi connectivity index (χ1n) is 9.46. The largest absolute Gasteiger partial charge is 0.337 e. The van der Waals surface area contributed by atoms with Gasteiger partial charge >= 0.3 is 0 Å². The Morgan fingerprint density at radius 3 is 2.48 bits per heavy atom. The molecule has 3 aromatic rings. The van der Waals surface area contributed by atoms with E-state index in [9.17, 15) is 14.4 Å². The molecular weight excluding hydrogens is 368 g/mol. The van der Waals surface area contributed by atoms with Gasteiger partial charge in [0.2, 0.25) is 5.78 Å². The van der Waals surface area contributed by atoms with Crippen LogP contribution in [0.15, 0.2) is 73.6 Å². The van der Waals surface area contributed by atoms with Crippen molar-refractivity contribution in [1.29, 1.82) is 0 Å². The predicted molar refractivity (Wildman–Crippen MR) is 105 cm³/mol. The summed E-state index contributed by atoms with van der Waals surface area (Å²) < 4.78 is 1.91. The molecule has 0 N–H and O–H groups in total. The number of ketones is 2. The summed E-state index contributed by atoms with van der Waals surface area (Å²) in [5.41, 5.74) is 1.11. The molecule has 7 nitrogen and oxygen atoms in total. The standard InChI is InChI=1S/C22H20N4O3/c27-20(16-6-2-1-3-7-16)18-19(17-8-4-9-23-14-17)26(22(29)21(18)28)12-5-11-25-13-10-24-15-25/h1-4,6-10,13-15,18-19H,5,11-12H2. The highest BCUT2D eigenvalue weighted by Gasteiger charge is 2.51. The van der Waals surface area contributed by atoms with E-state index in [1.54, 1.807) is 67.4 Å². The second-order valence-electron chi connectivity index (χ2n) is 6.96. The Labute approximate surface area is 168 Å². The third kappa shape index (κ3) is 3.71. The molecule has 0 aliphatic carbocycles. The van der Waals surface area contributed by atoms with E-state index in [4.69, 9.17) is 0 Å². The van der Waals surface area contributed by atoms with Gasteiger partial charge < -0.3 is 9.47 Å². The van der Waals surface area contributed by atoms with Gasteiger partial charge in [0.15, 0.2) is 5.78 Å². The predicted octanol–water partition coefficient (Wildman–Crippen LogP) is 2.32. The summed E-state index contributed by atoms with van der Waals surface area (Å²) in [7, 11) is 0. The lowest BCUT2D eigenvalue weighted by atomic mass is 9.87. The van der Waals surface area contributed by atoms with Crippen molar-refractivity contribution in [2.24, 2.45) is 5.92 Å². The van der Waals surface area contributed by atoms with E-state index in [0.717, 1.165) is 0 Å². The quantitative estimate of drug-likeness (QED) is 0.352. The van der Waals surface area contributed by atoms with Gasteiger partial charge in [-0.15, -0.1) is 0 Å². The number of hydrogen-bond donors (Lipinski definition) is 0. The molecule has 4 rings (SSSR count). The lowest BCUT2D eigenvalue weighted by molar-refractivity contribution is -0.140. The zero-order chi connectivity index (χ0) is 20.2. The van der Waals surface area contributed by atoms with Crippen LogP contribution < -0.4 is 0 Å². The average Bonchev–Trinajstić information content (AvgIpc) is 3.37. The van der Waals surface area contributed by atoms with Gasteiger partial charge in [0.05, 0.1) is 12.4 Å². The van der Waals surface area contributed by atoms with Gasteiger partial charge in [-0.3, -0.25) is 19.4 Å². The fraction of sp³-hybridized carbons (Fsp3) is 0.227. The Morgan fingerprint density at radius 1 is 0.966 bits per heavy atom. The number of carbonyl (C=O) groups is 3. The van der Waals surface area contributed by atoms with Crippen LogP contribution in [0.25, 0.3) is 0 Å². The monoisotopic (exact) mass is 388 g/mol. The van der Waals surface area contributed by atoms with Crippen molar-refractivity contribution in [3.8, 4) is 0 Å². The summed E-state index contributed by atoms with van der Waals surface area (Å²) in [6.07, 6.45) is 9.12. The maximum Gasteiger partial charge on any atom is 0.291 e. The second kappa shape index (κ2) is 8.18. The van der Waals surface area contributed by atoms with Crippen LogP contribution in [0.3, 0.4) is 0 Å². The molecule has 146 valence electrons. The van der Waals surface area contributed by atoms with E-state index in [1.807, 2.05) is 10.8 Å². The first kappa shape index (κ1) is 18.7. The van der Waals surface area contributed by atoms with Gasteiger partial charge in [0.1, 0.15) is 5.92 Å². The normalized spacial score (nSPS) is 19.0. The number of hydrogen-bond acceptors (Lipinski definition) is 5. The summed E-state index contributed by atoms with van der Waals surface area (Å²) in [6, 6.07) is 11.5. The van der Waals surface area contributed by atoms with Gasteiger partial charge in [-0.25, -0.2) is 4.98 Å². The van der Waals surface area contributed by atoms with Gasteiger partial charge in [-0.2, -0.15) is 0 Å². The number of nitrogens with zero attached hydrogens (tertiary/aromatic N) is 4. The average molecular weight is 388 g/mol. The first-order valence-corrected chi connectivity index (χ1v) is 9.46. The Morgan fingerprint density at radius 2 is 1.79 bits per heavy atom. The van der Waals surface area contributed by atoms with Crippen molar-refractivity contribution < 1.29 is 14.4 Å². The third-order valence-corrected chi connectivity index (χ3v) is 5.15. The Hall–Kier alpha value is -3.61. The van der Waals surface area contributed by atoms with E-state index in [-0.39, 0.29) is 5.78 Å². The number of aromatic nitrogens is 3. The highest BCUT2D eigenvalue weighted by Crippen LogP contribution is 2.37. The lowest BCUT2D eigenvalue weighted by Crippen LogP contribution is -2.32. The van der Waals surface area contributed by atoms with Gasteiger partial charge in [0, 0.05) is 43.4 Å². The zero-order valence-corrected chi connectivity index (χ0v) is 15.7. The van der Waals surface area contributed by atoms with E-state index < -0.39 is 23.7 Å². The number of aryl methyl sites for hydroxylation is 1. The Balaban J connectivity index is 1.64. The number of rotatable bonds is 7. The number of imidazole rings is 1. The maximum atomic E-state index is 13.2. The highest BCUT2D eigenvalue weighted by molar-refractivity contribution is 6.44. The SMILES string of the molecule is O=C1C(=O)N(CCCn2ccnc2)C(c2cccnc2)C1C(=O)c1ccccc1. The summed E-state index contributed by atoms with van der Waals surface area (Å²) in [5, 5.41) is 0. The van der Waals surface area contributed by atoms with Gasteiger partial charge in [-0.1, -0.05) is 36.4 Å². The van der Waals surface area contributed by atoms with Crippen LogP contribution in [-0.2, 0) is 16.1 Å². The molecule has 1 amide bonds. The van der Waals surface area contributed by atoms with Crippen molar-refractivity contribution in [2.75, 3.05) is 6.54 Å². The summed E-state index contributed by atoms with van der Waals surface area (Å²) >= 11 is 0. The number of benzene rings is 1. The van der Waals surface area contributed by atoms with Crippen molar-refractivity contribution in [3.05, 3.63) is 84.7 Å². The number of Topliss-reactive ketones (excluding diaryl/α,β-unsaturated/α-hetero) is 2. The first-order chi connectivity index (χ1) is 14.2. The van der Waals surface area contributed by atoms with Crippen molar-refractivity contribution in [3.63, 3.8) is 0 Å². The molecule has 1 saturated heterocycles. The smallest absolute Gasteiger partial charge is 0.291 e. The van der Waals surface area contributed by atoms with E-state index in [0.29, 0.717) is 30.6 Å². The topological polar surface area (TPSA) is 85.2 Å². The molecule has 1 fully saturated rings. The van der Waals surface area contributed by atoms with E-state index in [2.05, 4.69) is 9.97 Å². The maximum absolute atomic E-state index is 13.2. The van der Waals surface area contributed by atoms with Crippen LogP contribution in [0.4, 0.5) is 0 Å².